The maximum Gasteiger partial charge on any atom is 0.319 e. The van der Waals surface area contributed by atoms with Crippen LogP contribution in [0.1, 0.15) is 37.3 Å². The van der Waals surface area contributed by atoms with Gasteiger partial charge in [0.25, 0.3) is 0 Å². The summed E-state index contributed by atoms with van der Waals surface area (Å²) >= 11 is 0. The van der Waals surface area contributed by atoms with Crippen LogP contribution in [-0.2, 0) is 9.59 Å². The Hall–Kier alpha value is -2.11. The summed E-state index contributed by atoms with van der Waals surface area (Å²) in [6, 6.07) is 4.16. The number of rotatable bonds is 3. The zero-order chi connectivity index (χ0) is 15.0. The van der Waals surface area contributed by atoms with Gasteiger partial charge in [0, 0.05) is 5.56 Å². The third kappa shape index (κ3) is 2.34. The number of aliphatic carboxylic acids is 1. The van der Waals surface area contributed by atoms with Gasteiger partial charge in [0.05, 0.1) is 12.6 Å². The molecule has 6 heteroatoms. The second-order valence-electron chi connectivity index (χ2n) is 5.56. The van der Waals surface area contributed by atoms with Gasteiger partial charge in [-0.3, -0.25) is 9.59 Å². The van der Waals surface area contributed by atoms with Crippen molar-refractivity contribution in [1.29, 1.82) is 0 Å². The average Bonchev–Trinajstić information content (AvgIpc) is 3.24. The number of amides is 1. The number of carboxylic acids is 1. The predicted molar refractivity (Wildman–Crippen MR) is 71.3 cm³/mol. The third-order valence-electron chi connectivity index (χ3n) is 4.16. The van der Waals surface area contributed by atoms with E-state index in [9.17, 15) is 14.0 Å². The van der Waals surface area contributed by atoms with Crippen molar-refractivity contribution in [2.24, 2.45) is 5.41 Å². The van der Waals surface area contributed by atoms with Crippen LogP contribution in [0.15, 0.2) is 18.2 Å². The van der Waals surface area contributed by atoms with Crippen LogP contribution in [0.2, 0.25) is 0 Å². The maximum absolute atomic E-state index is 13.8. The number of halogens is 1. The SMILES string of the molecule is O=C(O)C1(C(=O)NC2CCCOc3c(F)cccc32)CC1. The molecule has 112 valence electrons. The van der Waals surface area contributed by atoms with Crippen molar-refractivity contribution in [3.63, 3.8) is 0 Å². The number of carbonyl (C=O) groups excluding carboxylic acids is 1. The number of hydrogen-bond acceptors (Lipinski definition) is 3. The lowest BCUT2D eigenvalue weighted by Gasteiger charge is -2.20. The largest absolute Gasteiger partial charge is 0.490 e. The summed E-state index contributed by atoms with van der Waals surface area (Å²) in [4.78, 5) is 23.4. The van der Waals surface area contributed by atoms with Gasteiger partial charge in [-0.05, 0) is 31.7 Å². The highest BCUT2D eigenvalue weighted by Crippen LogP contribution is 2.47. The van der Waals surface area contributed by atoms with E-state index in [1.807, 2.05) is 0 Å². The zero-order valence-electron chi connectivity index (χ0n) is 11.4. The highest BCUT2D eigenvalue weighted by Gasteiger charge is 2.57. The second kappa shape index (κ2) is 5.02. The molecule has 3 rings (SSSR count). The third-order valence-corrected chi connectivity index (χ3v) is 4.16. The summed E-state index contributed by atoms with van der Waals surface area (Å²) in [7, 11) is 0. The van der Waals surface area contributed by atoms with Gasteiger partial charge in [-0.15, -0.1) is 0 Å². The standard InChI is InChI=1S/C15H16FNO4/c16-10-4-1-3-9-11(5-2-8-21-12(9)10)17-13(18)15(6-7-15)14(19)20/h1,3-4,11H,2,5-8H2,(H,17,18)(H,19,20). The van der Waals surface area contributed by atoms with E-state index in [-0.39, 0.29) is 5.75 Å². The lowest BCUT2D eigenvalue weighted by atomic mass is 9.99. The summed E-state index contributed by atoms with van der Waals surface area (Å²) in [5, 5.41) is 11.9. The first-order valence-corrected chi connectivity index (χ1v) is 7.00. The van der Waals surface area contributed by atoms with Gasteiger partial charge in [-0.25, -0.2) is 4.39 Å². The van der Waals surface area contributed by atoms with Gasteiger partial charge in [0.15, 0.2) is 11.6 Å². The highest BCUT2D eigenvalue weighted by molar-refractivity contribution is 6.05. The smallest absolute Gasteiger partial charge is 0.319 e. The zero-order valence-corrected chi connectivity index (χ0v) is 11.4. The van der Waals surface area contributed by atoms with Gasteiger partial charge in [0.2, 0.25) is 5.91 Å². The molecule has 0 spiro atoms. The normalized spacial score (nSPS) is 22.4. The molecule has 5 nitrogen and oxygen atoms in total. The van der Waals surface area contributed by atoms with E-state index in [4.69, 9.17) is 9.84 Å². The topological polar surface area (TPSA) is 75.6 Å². The molecule has 1 aromatic carbocycles. The molecule has 0 radical (unpaired) electrons. The first-order chi connectivity index (χ1) is 10.0. The van der Waals surface area contributed by atoms with Crippen molar-refractivity contribution >= 4 is 11.9 Å². The Kier molecular flexibility index (Phi) is 3.31. The summed E-state index contributed by atoms with van der Waals surface area (Å²) in [5.74, 6) is -1.89. The van der Waals surface area contributed by atoms with Crippen molar-refractivity contribution in [3.05, 3.63) is 29.6 Å². The summed E-state index contributed by atoms with van der Waals surface area (Å²) in [5.41, 5.74) is -0.720. The molecule has 21 heavy (non-hydrogen) atoms. The molecular weight excluding hydrogens is 277 g/mol. The fraction of sp³-hybridized carbons (Fsp3) is 0.467. The molecule has 1 unspecified atom stereocenters. The molecule has 1 heterocycles. The van der Waals surface area contributed by atoms with Crippen LogP contribution in [0.3, 0.4) is 0 Å². The fourth-order valence-corrected chi connectivity index (χ4v) is 2.68. The minimum atomic E-state index is -1.29. The maximum atomic E-state index is 13.8. The molecule has 2 N–H and O–H groups in total. The van der Waals surface area contributed by atoms with E-state index in [0.717, 1.165) is 0 Å². The fourth-order valence-electron chi connectivity index (χ4n) is 2.68. The van der Waals surface area contributed by atoms with Crippen LogP contribution in [0.4, 0.5) is 4.39 Å². The Balaban J connectivity index is 1.85. The number of hydrogen-bond donors (Lipinski definition) is 2. The number of para-hydroxylation sites is 1. The Morgan fingerprint density at radius 3 is 2.81 bits per heavy atom. The second-order valence-corrected chi connectivity index (χ2v) is 5.56. The van der Waals surface area contributed by atoms with Gasteiger partial charge in [0.1, 0.15) is 5.41 Å². The minimum Gasteiger partial charge on any atom is -0.490 e. The number of ether oxygens (including phenoxy) is 1. The van der Waals surface area contributed by atoms with Crippen LogP contribution in [0, 0.1) is 11.2 Å². The first-order valence-electron chi connectivity index (χ1n) is 7.00. The van der Waals surface area contributed by atoms with E-state index in [2.05, 4.69) is 5.32 Å². The van der Waals surface area contributed by atoms with Crippen LogP contribution in [-0.4, -0.2) is 23.6 Å². The number of benzene rings is 1. The predicted octanol–water partition coefficient (Wildman–Crippen LogP) is 2.02. The summed E-state index contributed by atoms with van der Waals surface area (Å²) in [6.07, 6.45) is 1.97. The summed E-state index contributed by atoms with van der Waals surface area (Å²) in [6.45, 7) is 0.379. The van der Waals surface area contributed by atoms with E-state index in [1.54, 1.807) is 12.1 Å². The van der Waals surface area contributed by atoms with E-state index in [0.29, 0.717) is 37.9 Å². The van der Waals surface area contributed by atoms with E-state index >= 15 is 0 Å². The first kappa shape index (κ1) is 13.9. The number of fused-ring (bicyclic) bond motifs is 1. The highest BCUT2D eigenvalue weighted by atomic mass is 19.1. The lowest BCUT2D eigenvalue weighted by Crippen LogP contribution is -2.39. The number of carboxylic acid groups (broad SMARTS) is 1. The van der Waals surface area contributed by atoms with Crippen molar-refractivity contribution < 1.29 is 23.8 Å². The number of carbonyl (C=O) groups is 2. The average molecular weight is 293 g/mol. The minimum absolute atomic E-state index is 0.153. The van der Waals surface area contributed by atoms with Crippen LogP contribution in [0.25, 0.3) is 0 Å². The number of nitrogens with one attached hydrogen (secondary N) is 1. The Morgan fingerprint density at radius 2 is 2.14 bits per heavy atom. The van der Waals surface area contributed by atoms with E-state index < -0.39 is 29.2 Å². The van der Waals surface area contributed by atoms with Gasteiger partial charge in [-0.1, -0.05) is 12.1 Å². The molecule has 1 aliphatic carbocycles. The Morgan fingerprint density at radius 1 is 1.38 bits per heavy atom. The van der Waals surface area contributed by atoms with Crippen molar-refractivity contribution in [1.82, 2.24) is 5.32 Å². The van der Waals surface area contributed by atoms with Crippen molar-refractivity contribution in [2.75, 3.05) is 6.61 Å². The Labute approximate surface area is 121 Å². The molecule has 0 bridgehead atoms. The molecule has 1 aromatic rings. The van der Waals surface area contributed by atoms with Gasteiger partial charge >= 0.3 is 5.97 Å². The molecule has 1 aliphatic heterocycles. The van der Waals surface area contributed by atoms with Crippen molar-refractivity contribution in [2.45, 2.75) is 31.7 Å². The molecule has 0 aromatic heterocycles. The quantitative estimate of drug-likeness (QED) is 0.836. The lowest BCUT2D eigenvalue weighted by molar-refractivity contribution is -0.149. The van der Waals surface area contributed by atoms with Crippen molar-refractivity contribution in [3.8, 4) is 5.75 Å². The molecule has 1 amide bonds. The van der Waals surface area contributed by atoms with Crippen LogP contribution in [0.5, 0.6) is 5.75 Å². The van der Waals surface area contributed by atoms with E-state index in [1.165, 1.54) is 6.07 Å². The summed E-state index contributed by atoms with van der Waals surface area (Å²) < 4.78 is 19.2. The molecule has 1 saturated carbocycles. The van der Waals surface area contributed by atoms with Crippen LogP contribution < -0.4 is 10.1 Å². The van der Waals surface area contributed by atoms with Crippen LogP contribution >= 0.6 is 0 Å². The molecule has 0 saturated heterocycles. The van der Waals surface area contributed by atoms with Gasteiger partial charge in [-0.2, -0.15) is 0 Å². The Bertz CT molecular complexity index is 597. The molecular formula is C15H16FNO4. The molecule has 1 fully saturated rings. The molecule has 1 atom stereocenters. The molecule has 2 aliphatic rings. The monoisotopic (exact) mass is 293 g/mol. The van der Waals surface area contributed by atoms with Gasteiger partial charge < -0.3 is 15.2 Å².